The monoisotopic (exact) mass is 213 g/mol. The molecule has 0 spiro atoms. The maximum Gasteiger partial charge on any atom is 0.122 e. The molecule has 0 heterocycles. The van der Waals surface area contributed by atoms with Gasteiger partial charge in [-0.2, -0.15) is 0 Å². The van der Waals surface area contributed by atoms with E-state index < -0.39 is 0 Å². The molecule has 0 atom stereocenters. The summed E-state index contributed by atoms with van der Waals surface area (Å²) in [4.78, 5) is 0. The molecule has 0 bridgehead atoms. The van der Waals surface area contributed by atoms with Gasteiger partial charge in [-0.05, 0) is 50.2 Å². The quantitative estimate of drug-likeness (QED) is 0.830. The Morgan fingerprint density at radius 3 is 2.71 bits per heavy atom. The molecule has 0 aliphatic heterocycles. The van der Waals surface area contributed by atoms with Crippen LogP contribution in [0.25, 0.3) is 0 Å². The Morgan fingerprint density at radius 2 is 2.14 bits per heavy atom. The number of ether oxygens (including phenoxy) is 1. The third kappa shape index (κ3) is 2.63. The van der Waals surface area contributed by atoms with Crippen LogP contribution in [-0.2, 0) is 6.42 Å². The standard InChI is InChI=1S/C11H16ClNO/c1-8-6-10(12)9(4-5-13-2)7-11(8)14-3/h6-7,13H,4-5H2,1-3H3. The molecule has 0 unspecified atom stereocenters. The molecule has 1 aromatic carbocycles. The molecule has 0 saturated heterocycles. The minimum absolute atomic E-state index is 0.818. The van der Waals surface area contributed by atoms with Crippen LogP contribution >= 0.6 is 11.6 Å². The first-order chi connectivity index (χ1) is 6.69. The van der Waals surface area contributed by atoms with Gasteiger partial charge >= 0.3 is 0 Å². The van der Waals surface area contributed by atoms with Crippen LogP contribution in [0.1, 0.15) is 11.1 Å². The van der Waals surface area contributed by atoms with Gasteiger partial charge in [0.05, 0.1) is 7.11 Å². The number of rotatable bonds is 4. The van der Waals surface area contributed by atoms with Gasteiger partial charge < -0.3 is 10.1 Å². The van der Waals surface area contributed by atoms with E-state index in [4.69, 9.17) is 16.3 Å². The van der Waals surface area contributed by atoms with Crippen molar-refractivity contribution in [2.45, 2.75) is 13.3 Å². The molecule has 0 aliphatic rings. The highest BCUT2D eigenvalue weighted by molar-refractivity contribution is 6.31. The summed E-state index contributed by atoms with van der Waals surface area (Å²) in [5, 5.41) is 3.91. The fraction of sp³-hybridized carbons (Fsp3) is 0.455. The number of methoxy groups -OCH3 is 1. The first-order valence-corrected chi connectivity index (χ1v) is 5.04. The van der Waals surface area contributed by atoms with E-state index in [-0.39, 0.29) is 0 Å². The normalized spacial score (nSPS) is 10.3. The van der Waals surface area contributed by atoms with Crippen molar-refractivity contribution in [3.05, 3.63) is 28.3 Å². The van der Waals surface area contributed by atoms with Gasteiger partial charge in [0.1, 0.15) is 5.75 Å². The lowest BCUT2D eigenvalue weighted by molar-refractivity contribution is 0.411. The summed E-state index contributed by atoms with van der Waals surface area (Å²) in [5.74, 6) is 0.903. The van der Waals surface area contributed by atoms with Gasteiger partial charge in [0.25, 0.3) is 0 Å². The maximum absolute atomic E-state index is 6.11. The third-order valence-electron chi connectivity index (χ3n) is 2.21. The summed E-state index contributed by atoms with van der Waals surface area (Å²) < 4.78 is 5.24. The SMILES string of the molecule is CNCCc1cc(OC)c(C)cc1Cl. The summed E-state index contributed by atoms with van der Waals surface area (Å²) in [6.07, 6.45) is 0.923. The second-order valence-corrected chi connectivity index (χ2v) is 3.67. The molecule has 1 rings (SSSR count). The molecule has 0 saturated carbocycles. The lowest BCUT2D eigenvalue weighted by Crippen LogP contribution is -2.10. The molecule has 1 aromatic rings. The average Bonchev–Trinajstić information content (AvgIpc) is 2.17. The lowest BCUT2D eigenvalue weighted by atomic mass is 10.1. The van der Waals surface area contributed by atoms with Gasteiger partial charge in [-0.15, -0.1) is 0 Å². The van der Waals surface area contributed by atoms with E-state index in [1.165, 1.54) is 0 Å². The van der Waals surface area contributed by atoms with Crippen LogP contribution in [0.4, 0.5) is 0 Å². The number of likely N-dealkylation sites (N-methyl/N-ethyl adjacent to an activating group) is 1. The van der Waals surface area contributed by atoms with Crippen molar-refractivity contribution in [2.75, 3.05) is 20.7 Å². The molecule has 1 N–H and O–H groups in total. The van der Waals surface area contributed by atoms with Gasteiger partial charge in [-0.25, -0.2) is 0 Å². The van der Waals surface area contributed by atoms with Crippen LogP contribution in [0.2, 0.25) is 5.02 Å². The molecule has 3 heteroatoms. The van der Waals surface area contributed by atoms with Crippen molar-refractivity contribution in [3.8, 4) is 5.75 Å². The summed E-state index contributed by atoms with van der Waals surface area (Å²) in [7, 11) is 3.61. The van der Waals surface area contributed by atoms with E-state index in [2.05, 4.69) is 5.32 Å². The van der Waals surface area contributed by atoms with Crippen LogP contribution < -0.4 is 10.1 Å². The summed E-state index contributed by atoms with van der Waals surface area (Å²) in [6, 6.07) is 3.96. The number of hydrogen-bond acceptors (Lipinski definition) is 2. The van der Waals surface area contributed by atoms with Gasteiger partial charge in [0.2, 0.25) is 0 Å². The lowest BCUT2D eigenvalue weighted by Gasteiger charge is -2.09. The molecule has 0 aliphatic carbocycles. The molecule has 2 nitrogen and oxygen atoms in total. The van der Waals surface area contributed by atoms with Crippen molar-refractivity contribution in [2.24, 2.45) is 0 Å². The van der Waals surface area contributed by atoms with Crippen molar-refractivity contribution in [1.82, 2.24) is 5.32 Å². The summed E-state index contributed by atoms with van der Waals surface area (Å²) in [5.41, 5.74) is 2.20. The molecular formula is C11H16ClNO. The predicted molar refractivity (Wildman–Crippen MR) is 60.4 cm³/mol. The van der Waals surface area contributed by atoms with Crippen LogP contribution in [0, 0.1) is 6.92 Å². The van der Waals surface area contributed by atoms with Gasteiger partial charge in [-0.3, -0.25) is 0 Å². The van der Waals surface area contributed by atoms with E-state index in [9.17, 15) is 0 Å². The number of hydrogen-bond donors (Lipinski definition) is 1. The van der Waals surface area contributed by atoms with E-state index in [1.54, 1.807) is 7.11 Å². The van der Waals surface area contributed by atoms with Gasteiger partial charge in [-0.1, -0.05) is 11.6 Å². The Labute approximate surface area is 90.2 Å². The van der Waals surface area contributed by atoms with Crippen molar-refractivity contribution >= 4 is 11.6 Å². The Morgan fingerprint density at radius 1 is 1.43 bits per heavy atom. The predicted octanol–water partition coefficient (Wildman–Crippen LogP) is 2.42. The highest BCUT2D eigenvalue weighted by Crippen LogP contribution is 2.26. The van der Waals surface area contributed by atoms with E-state index in [0.29, 0.717) is 0 Å². The number of aryl methyl sites for hydroxylation is 1. The molecule has 78 valence electrons. The molecule has 0 aromatic heterocycles. The van der Waals surface area contributed by atoms with Crippen molar-refractivity contribution in [1.29, 1.82) is 0 Å². The van der Waals surface area contributed by atoms with E-state index in [0.717, 1.165) is 34.9 Å². The number of halogens is 1. The van der Waals surface area contributed by atoms with Crippen LogP contribution in [0.3, 0.4) is 0 Å². The van der Waals surface area contributed by atoms with Crippen LogP contribution in [0.5, 0.6) is 5.75 Å². The minimum Gasteiger partial charge on any atom is -0.496 e. The Kier molecular flexibility index (Phi) is 4.23. The van der Waals surface area contributed by atoms with Gasteiger partial charge in [0, 0.05) is 5.02 Å². The zero-order chi connectivity index (χ0) is 10.6. The van der Waals surface area contributed by atoms with Crippen LogP contribution in [-0.4, -0.2) is 20.7 Å². The molecule has 14 heavy (non-hydrogen) atoms. The molecule has 0 amide bonds. The molecule has 0 fully saturated rings. The summed E-state index contributed by atoms with van der Waals surface area (Å²) in [6.45, 7) is 2.92. The zero-order valence-corrected chi connectivity index (χ0v) is 9.61. The Balaban J connectivity index is 2.92. The maximum atomic E-state index is 6.11. The van der Waals surface area contributed by atoms with E-state index >= 15 is 0 Å². The second kappa shape index (κ2) is 5.23. The van der Waals surface area contributed by atoms with Crippen molar-refractivity contribution in [3.63, 3.8) is 0 Å². The second-order valence-electron chi connectivity index (χ2n) is 3.27. The highest BCUT2D eigenvalue weighted by atomic mass is 35.5. The molecular weight excluding hydrogens is 198 g/mol. The smallest absolute Gasteiger partial charge is 0.122 e. The fourth-order valence-corrected chi connectivity index (χ4v) is 1.68. The average molecular weight is 214 g/mol. The van der Waals surface area contributed by atoms with Crippen LogP contribution in [0.15, 0.2) is 12.1 Å². The summed E-state index contributed by atoms with van der Waals surface area (Å²) >= 11 is 6.11. The fourth-order valence-electron chi connectivity index (χ4n) is 1.37. The van der Waals surface area contributed by atoms with Crippen molar-refractivity contribution < 1.29 is 4.74 Å². The zero-order valence-electron chi connectivity index (χ0n) is 8.86. The topological polar surface area (TPSA) is 21.3 Å². The largest absolute Gasteiger partial charge is 0.496 e. The Bertz CT molecular complexity index is 312. The molecule has 0 radical (unpaired) electrons. The van der Waals surface area contributed by atoms with E-state index in [1.807, 2.05) is 26.1 Å². The third-order valence-corrected chi connectivity index (χ3v) is 2.56. The highest BCUT2D eigenvalue weighted by Gasteiger charge is 2.05. The Hall–Kier alpha value is -0.730. The first-order valence-electron chi connectivity index (χ1n) is 4.66. The van der Waals surface area contributed by atoms with Gasteiger partial charge in [0.15, 0.2) is 0 Å². The first kappa shape index (κ1) is 11.3. The number of benzene rings is 1. The number of nitrogens with one attached hydrogen (secondary N) is 1. The minimum atomic E-state index is 0.818.